The van der Waals surface area contributed by atoms with E-state index >= 15 is 0 Å². The summed E-state index contributed by atoms with van der Waals surface area (Å²) in [6.45, 7) is 1.35. The summed E-state index contributed by atoms with van der Waals surface area (Å²) in [5, 5.41) is 3.89. The molecule has 0 radical (unpaired) electrons. The molecule has 32 heavy (non-hydrogen) atoms. The van der Waals surface area contributed by atoms with Gasteiger partial charge in [0, 0.05) is 0 Å². The lowest BCUT2D eigenvalue weighted by atomic mass is 10.2. The predicted molar refractivity (Wildman–Crippen MR) is 121 cm³/mol. The minimum absolute atomic E-state index is 0.131. The number of nitrogens with zero attached hydrogens (tertiary/aromatic N) is 2. The van der Waals surface area contributed by atoms with Crippen molar-refractivity contribution in [2.24, 2.45) is 5.10 Å². The molecule has 0 aliphatic heterocycles. The predicted octanol–water partition coefficient (Wildman–Crippen LogP) is 3.49. The molecule has 0 bridgehead atoms. The molecule has 1 N–H and O–H groups in total. The smallest absolute Gasteiger partial charge is 0.264 e. The van der Waals surface area contributed by atoms with Crippen LogP contribution in [0, 0.1) is 12.7 Å². The first kappa shape index (κ1) is 23.0. The van der Waals surface area contributed by atoms with Gasteiger partial charge in [0.1, 0.15) is 18.1 Å². The Morgan fingerprint density at radius 3 is 2.25 bits per heavy atom. The van der Waals surface area contributed by atoms with Gasteiger partial charge in [-0.1, -0.05) is 17.7 Å². The van der Waals surface area contributed by atoms with E-state index in [2.05, 4.69) is 10.5 Å². The van der Waals surface area contributed by atoms with E-state index in [-0.39, 0.29) is 4.90 Å². The number of methoxy groups -OCH3 is 1. The number of sulfonamides is 1. The number of hydrazone groups is 1. The molecule has 0 saturated heterocycles. The molecular weight excluding hydrogens is 433 g/mol. The zero-order chi connectivity index (χ0) is 23.1. The van der Waals surface area contributed by atoms with Gasteiger partial charge in [-0.2, -0.15) is 5.10 Å². The van der Waals surface area contributed by atoms with Crippen LogP contribution < -0.4 is 14.5 Å². The molecule has 0 spiro atoms. The highest BCUT2D eigenvalue weighted by atomic mass is 32.2. The normalized spacial score (nSPS) is 11.3. The maximum Gasteiger partial charge on any atom is 0.264 e. The van der Waals surface area contributed by atoms with Crippen LogP contribution in [0.1, 0.15) is 11.1 Å². The lowest BCUT2D eigenvalue weighted by molar-refractivity contribution is -0.119. The molecule has 0 aliphatic carbocycles. The topological polar surface area (TPSA) is 88.1 Å². The van der Waals surface area contributed by atoms with E-state index in [0.717, 1.165) is 39.7 Å². The van der Waals surface area contributed by atoms with Gasteiger partial charge in [-0.25, -0.2) is 18.2 Å². The third kappa shape index (κ3) is 5.70. The fourth-order valence-electron chi connectivity index (χ4n) is 2.79. The van der Waals surface area contributed by atoms with E-state index in [0.29, 0.717) is 11.4 Å². The first-order chi connectivity index (χ1) is 15.3. The van der Waals surface area contributed by atoms with Gasteiger partial charge >= 0.3 is 0 Å². The number of ether oxygens (including phenoxy) is 1. The Morgan fingerprint density at radius 1 is 1.03 bits per heavy atom. The summed E-state index contributed by atoms with van der Waals surface area (Å²) in [4.78, 5) is 12.4. The summed E-state index contributed by atoms with van der Waals surface area (Å²) in [7, 11) is -2.56. The van der Waals surface area contributed by atoms with Gasteiger partial charge in [-0.3, -0.25) is 9.10 Å². The molecule has 7 nitrogen and oxygen atoms in total. The van der Waals surface area contributed by atoms with E-state index in [4.69, 9.17) is 4.74 Å². The standard InChI is InChI=1S/C23H22FN3O4S/c1-17-3-9-20(10-4-17)27(32(29,30)22-13-7-19(24)8-14-22)16-23(28)26-25-15-18-5-11-21(31-2)12-6-18/h3-15H,16H2,1-2H3,(H,26,28)/b25-15-. The Bertz CT molecular complexity index is 1190. The highest BCUT2D eigenvalue weighted by Crippen LogP contribution is 2.24. The van der Waals surface area contributed by atoms with Crippen molar-refractivity contribution in [3.05, 3.63) is 89.7 Å². The molecule has 0 unspecified atom stereocenters. The maximum atomic E-state index is 13.3. The van der Waals surface area contributed by atoms with Crippen molar-refractivity contribution < 1.29 is 22.3 Å². The Morgan fingerprint density at radius 2 is 1.66 bits per heavy atom. The summed E-state index contributed by atoms with van der Waals surface area (Å²) in [5.74, 6) is -0.511. The largest absolute Gasteiger partial charge is 0.497 e. The molecular formula is C23H22FN3O4S. The molecule has 0 aliphatic rings. The van der Waals surface area contributed by atoms with Crippen LogP contribution in [-0.2, 0) is 14.8 Å². The number of hydrogen-bond acceptors (Lipinski definition) is 5. The molecule has 0 saturated carbocycles. The second-order valence-electron chi connectivity index (χ2n) is 6.87. The molecule has 3 aromatic carbocycles. The van der Waals surface area contributed by atoms with E-state index in [1.54, 1.807) is 55.6 Å². The van der Waals surface area contributed by atoms with Gasteiger partial charge in [0.25, 0.3) is 15.9 Å². The first-order valence-corrected chi connectivity index (χ1v) is 11.0. The molecule has 0 atom stereocenters. The average molecular weight is 456 g/mol. The lowest BCUT2D eigenvalue weighted by Crippen LogP contribution is -2.39. The second-order valence-corrected chi connectivity index (χ2v) is 8.73. The van der Waals surface area contributed by atoms with Crippen LogP contribution in [-0.4, -0.2) is 34.2 Å². The van der Waals surface area contributed by atoms with Gasteiger partial charge < -0.3 is 4.74 Å². The zero-order valence-electron chi connectivity index (χ0n) is 17.5. The number of benzene rings is 3. The summed E-state index contributed by atoms with van der Waals surface area (Å²) in [5.41, 5.74) is 4.29. The van der Waals surface area contributed by atoms with E-state index in [1.807, 2.05) is 6.92 Å². The Labute approximate surface area is 186 Å². The van der Waals surface area contributed by atoms with Gasteiger partial charge in [-0.15, -0.1) is 0 Å². The zero-order valence-corrected chi connectivity index (χ0v) is 18.3. The number of carbonyl (C=O) groups excluding carboxylic acids is 1. The summed E-state index contributed by atoms with van der Waals surface area (Å²) >= 11 is 0. The van der Waals surface area contributed by atoms with Gasteiger partial charge in [0.15, 0.2) is 0 Å². The van der Waals surface area contributed by atoms with Crippen molar-refractivity contribution in [1.82, 2.24) is 5.43 Å². The Hall–Kier alpha value is -3.72. The highest BCUT2D eigenvalue weighted by Gasteiger charge is 2.27. The van der Waals surface area contributed by atoms with Gasteiger partial charge in [0.2, 0.25) is 0 Å². The lowest BCUT2D eigenvalue weighted by Gasteiger charge is -2.23. The number of amides is 1. The minimum Gasteiger partial charge on any atom is -0.497 e. The Balaban J connectivity index is 1.80. The molecule has 0 heterocycles. The Kier molecular flexibility index (Phi) is 7.21. The van der Waals surface area contributed by atoms with E-state index in [9.17, 15) is 17.6 Å². The number of halogens is 1. The van der Waals surface area contributed by atoms with Gasteiger partial charge in [0.05, 0.1) is 23.9 Å². The molecule has 0 fully saturated rings. The number of aryl methyl sites for hydroxylation is 1. The average Bonchev–Trinajstić information content (AvgIpc) is 2.79. The highest BCUT2D eigenvalue weighted by molar-refractivity contribution is 7.92. The number of hydrogen-bond donors (Lipinski definition) is 1. The summed E-state index contributed by atoms with van der Waals surface area (Å²) in [6.07, 6.45) is 1.43. The molecule has 0 aromatic heterocycles. The molecule has 9 heteroatoms. The molecule has 3 aromatic rings. The summed E-state index contributed by atoms with van der Waals surface area (Å²) in [6, 6.07) is 18.1. The number of carbonyl (C=O) groups is 1. The molecule has 1 amide bonds. The monoisotopic (exact) mass is 455 g/mol. The van der Waals surface area contributed by atoms with Crippen LogP contribution in [0.5, 0.6) is 5.75 Å². The quantitative estimate of drug-likeness (QED) is 0.416. The van der Waals surface area contributed by atoms with Crippen molar-refractivity contribution in [3.8, 4) is 5.75 Å². The number of nitrogens with one attached hydrogen (secondary N) is 1. The SMILES string of the molecule is COc1ccc(/C=N\NC(=O)CN(c2ccc(C)cc2)S(=O)(=O)c2ccc(F)cc2)cc1. The fraction of sp³-hybridized carbons (Fsp3) is 0.130. The third-order valence-corrected chi connectivity index (χ3v) is 6.32. The van der Waals surface area contributed by atoms with E-state index in [1.165, 1.54) is 6.21 Å². The van der Waals surface area contributed by atoms with Crippen LogP contribution in [0.25, 0.3) is 0 Å². The number of anilines is 1. The second kappa shape index (κ2) is 10.1. The van der Waals surface area contributed by atoms with E-state index < -0.39 is 28.3 Å². The van der Waals surface area contributed by atoms with Crippen LogP contribution >= 0.6 is 0 Å². The van der Waals surface area contributed by atoms with Gasteiger partial charge in [-0.05, 0) is 73.2 Å². The van der Waals surface area contributed by atoms with Crippen molar-refractivity contribution in [2.45, 2.75) is 11.8 Å². The summed E-state index contributed by atoms with van der Waals surface area (Å²) < 4.78 is 45.7. The van der Waals surface area contributed by atoms with Crippen molar-refractivity contribution >= 4 is 27.8 Å². The van der Waals surface area contributed by atoms with Crippen molar-refractivity contribution in [1.29, 1.82) is 0 Å². The first-order valence-electron chi connectivity index (χ1n) is 9.60. The fourth-order valence-corrected chi connectivity index (χ4v) is 4.22. The molecule has 3 rings (SSSR count). The minimum atomic E-state index is -4.12. The molecule has 166 valence electrons. The van der Waals surface area contributed by atoms with Crippen LogP contribution in [0.3, 0.4) is 0 Å². The third-order valence-electron chi connectivity index (χ3n) is 4.53. The van der Waals surface area contributed by atoms with Crippen LogP contribution in [0.4, 0.5) is 10.1 Å². The van der Waals surface area contributed by atoms with Crippen LogP contribution in [0.15, 0.2) is 82.8 Å². The maximum absolute atomic E-state index is 13.3. The van der Waals surface area contributed by atoms with Crippen molar-refractivity contribution in [2.75, 3.05) is 18.0 Å². The van der Waals surface area contributed by atoms with Crippen molar-refractivity contribution in [3.63, 3.8) is 0 Å². The van der Waals surface area contributed by atoms with Crippen LogP contribution in [0.2, 0.25) is 0 Å². The number of rotatable bonds is 8.